The predicted octanol–water partition coefficient (Wildman–Crippen LogP) is 0.445. The smallest absolute Gasteiger partial charge is 0.338 e. The summed E-state index contributed by atoms with van der Waals surface area (Å²) >= 11 is 0. The predicted molar refractivity (Wildman–Crippen MR) is 66.4 cm³/mol. The molecule has 0 aromatic heterocycles. The summed E-state index contributed by atoms with van der Waals surface area (Å²) in [6.07, 6.45) is 0. The molecule has 0 saturated carbocycles. The SMILES string of the molecule is CC(=O)N(Cc1cccc(C#N)c1)C(C(=O)O)C(=O)O. The zero-order chi connectivity index (χ0) is 15.3. The van der Waals surface area contributed by atoms with Crippen LogP contribution in [-0.2, 0) is 20.9 Å². The van der Waals surface area contributed by atoms with Crippen LogP contribution in [0.2, 0.25) is 0 Å². The average Bonchev–Trinajstić information content (AvgIpc) is 2.37. The zero-order valence-electron chi connectivity index (χ0n) is 10.6. The minimum atomic E-state index is -1.96. The lowest BCUT2D eigenvalue weighted by molar-refractivity contribution is -0.161. The summed E-state index contributed by atoms with van der Waals surface area (Å²) in [4.78, 5) is 34.2. The fourth-order valence-electron chi connectivity index (χ4n) is 1.69. The lowest BCUT2D eigenvalue weighted by Gasteiger charge is -2.25. The maximum absolute atomic E-state index is 11.5. The van der Waals surface area contributed by atoms with E-state index in [9.17, 15) is 14.4 Å². The number of nitriles is 1. The second kappa shape index (κ2) is 6.33. The van der Waals surface area contributed by atoms with Crippen molar-refractivity contribution in [3.8, 4) is 6.07 Å². The molecule has 1 aromatic rings. The molecule has 0 spiro atoms. The number of carboxylic acids is 2. The van der Waals surface area contributed by atoms with Crippen molar-refractivity contribution in [2.45, 2.75) is 19.5 Å². The van der Waals surface area contributed by atoms with E-state index in [1.165, 1.54) is 6.07 Å². The number of carboxylic acid groups (broad SMARTS) is 2. The number of nitrogens with zero attached hydrogens (tertiary/aromatic N) is 2. The van der Waals surface area contributed by atoms with E-state index in [2.05, 4.69) is 0 Å². The van der Waals surface area contributed by atoms with E-state index in [4.69, 9.17) is 15.5 Å². The van der Waals surface area contributed by atoms with E-state index in [1.807, 2.05) is 6.07 Å². The van der Waals surface area contributed by atoms with Crippen LogP contribution in [-0.4, -0.2) is 39.0 Å². The molecule has 7 heteroatoms. The van der Waals surface area contributed by atoms with Crippen molar-refractivity contribution < 1.29 is 24.6 Å². The molecule has 0 heterocycles. The quantitative estimate of drug-likeness (QED) is 0.753. The molecular weight excluding hydrogens is 264 g/mol. The highest BCUT2D eigenvalue weighted by Gasteiger charge is 2.34. The maximum Gasteiger partial charge on any atom is 0.338 e. The molecule has 0 radical (unpaired) electrons. The van der Waals surface area contributed by atoms with Gasteiger partial charge in [-0.05, 0) is 17.7 Å². The van der Waals surface area contributed by atoms with Gasteiger partial charge in [-0.3, -0.25) is 4.79 Å². The van der Waals surface area contributed by atoms with E-state index in [0.717, 1.165) is 11.8 Å². The van der Waals surface area contributed by atoms with Crippen LogP contribution >= 0.6 is 0 Å². The standard InChI is InChI=1S/C13H12N2O5/c1-8(16)15(11(12(17)18)13(19)20)7-10-4-2-3-9(5-10)6-14/h2-5,11H,7H2,1H3,(H,17,18)(H,19,20). The second-order valence-electron chi connectivity index (χ2n) is 4.04. The topological polar surface area (TPSA) is 119 Å². The van der Waals surface area contributed by atoms with Crippen molar-refractivity contribution in [3.63, 3.8) is 0 Å². The highest BCUT2D eigenvalue weighted by Crippen LogP contribution is 2.11. The van der Waals surface area contributed by atoms with Gasteiger partial charge in [0.2, 0.25) is 11.9 Å². The van der Waals surface area contributed by atoms with Crippen LogP contribution in [0.5, 0.6) is 0 Å². The van der Waals surface area contributed by atoms with Gasteiger partial charge in [0.05, 0.1) is 11.6 Å². The molecule has 0 fully saturated rings. The van der Waals surface area contributed by atoms with Gasteiger partial charge in [0.25, 0.3) is 0 Å². The molecule has 0 aliphatic carbocycles. The Morgan fingerprint density at radius 3 is 2.35 bits per heavy atom. The van der Waals surface area contributed by atoms with Crippen molar-refractivity contribution in [1.82, 2.24) is 4.90 Å². The zero-order valence-corrected chi connectivity index (χ0v) is 10.6. The number of hydrogen-bond donors (Lipinski definition) is 2. The highest BCUT2D eigenvalue weighted by molar-refractivity contribution is 6.00. The highest BCUT2D eigenvalue weighted by atomic mass is 16.4. The van der Waals surface area contributed by atoms with Gasteiger partial charge in [0.15, 0.2) is 0 Å². The van der Waals surface area contributed by atoms with Crippen molar-refractivity contribution in [3.05, 3.63) is 35.4 Å². The maximum atomic E-state index is 11.5. The monoisotopic (exact) mass is 276 g/mol. The van der Waals surface area contributed by atoms with Crippen molar-refractivity contribution >= 4 is 17.8 Å². The van der Waals surface area contributed by atoms with Crippen LogP contribution in [0.4, 0.5) is 0 Å². The minimum absolute atomic E-state index is 0.200. The molecule has 0 unspecified atom stereocenters. The lowest BCUT2D eigenvalue weighted by atomic mass is 10.1. The second-order valence-corrected chi connectivity index (χ2v) is 4.04. The average molecular weight is 276 g/mol. The third kappa shape index (κ3) is 3.55. The Kier molecular flexibility index (Phi) is 4.81. The van der Waals surface area contributed by atoms with Crippen LogP contribution in [0, 0.1) is 11.3 Å². The largest absolute Gasteiger partial charge is 0.479 e. The van der Waals surface area contributed by atoms with Gasteiger partial charge in [0.1, 0.15) is 0 Å². The Hall–Kier alpha value is -2.88. The summed E-state index contributed by atoms with van der Waals surface area (Å²) in [7, 11) is 0. The third-order valence-electron chi connectivity index (χ3n) is 2.59. The summed E-state index contributed by atoms with van der Waals surface area (Å²) in [5.41, 5.74) is 0.819. The number of amides is 1. The fraction of sp³-hybridized carbons (Fsp3) is 0.231. The molecule has 7 nitrogen and oxygen atoms in total. The molecule has 0 bridgehead atoms. The summed E-state index contributed by atoms with van der Waals surface area (Å²) < 4.78 is 0. The van der Waals surface area contributed by atoms with Gasteiger partial charge in [-0.2, -0.15) is 5.26 Å². The minimum Gasteiger partial charge on any atom is -0.479 e. The van der Waals surface area contributed by atoms with Crippen LogP contribution in [0.25, 0.3) is 0 Å². The van der Waals surface area contributed by atoms with Crippen molar-refractivity contribution in [1.29, 1.82) is 5.26 Å². The molecule has 1 rings (SSSR count). The van der Waals surface area contributed by atoms with E-state index in [0.29, 0.717) is 11.1 Å². The fourth-order valence-corrected chi connectivity index (χ4v) is 1.69. The molecule has 20 heavy (non-hydrogen) atoms. The molecule has 0 saturated heterocycles. The lowest BCUT2D eigenvalue weighted by Crippen LogP contribution is -2.48. The van der Waals surface area contributed by atoms with Gasteiger partial charge in [-0.15, -0.1) is 0 Å². The number of benzene rings is 1. The Morgan fingerprint density at radius 1 is 1.30 bits per heavy atom. The number of hydrogen-bond acceptors (Lipinski definition) is 4. The Bertz CT molecular complexity index is 577. The summed E-state index contributed by atoms with van der Waals surface area (Å²) in [5, 5.41) is 26.6. The molecule has 1 aromatic carbocycles. The first-order valence-corrected chi connectivity index (χ1v) is 5.58. The number of rotatable bonds is 5. The van der Waals surface area contributed by atoms with Crippen LogP contribution < -0.4 is 0 Å². The van der Waals surface area contributed by atoms with Gasteiger partial charge in [-0.25, -0.2) is 9.59 Å². The van der Waals surface area contributed by atoms with Crippen molar-refractivity contribution in [2.24, 2.45) is 0 Å². The van der Waals surface area contributed by atoms with Crippen molar-refractivity contribution in [2.75, 3.05) is 0 Å². The normalized spacial score (nSPS) is 9.85. The van der Waals surface area contributed by atoms with E-state index < -0.39 is 23.9 Å². The molecule has 0 aliphatic heterocycles. The third-order valence-corrected chi connectivity index (χ3v) is 2.59. The molecule has 0 atom stereocenters. The summed E-state index contributed by atoms with van der Waals surface area (Å²) in [6, 6.07) is 6.12. The summed E-state index contributed by atoms with van der Waals surface area (Å²) in [6.45, 7) is 0.890. The van der Waals surface area contributed by atoms with E-state index in [-0.39, 0.29) is 6.54 Å². The van der Waals surface area contributed by atoms with Gasteiger partial charge >= 0.3 is 11.9 Å². The molecular formula is C13H12N2O5. The molecule has 2 N–H and O–H groups in total. The van der Waals surface area contributed by atoms with Gasteiger partial charge in [-0.1, -0.05) is 12.1 Å². The number of carbonyl (C=O) groups excluding carboxylic acids is 1. The van der Waals surface area contributed by atoms with Gasteiger partial charge in [0, 0.05) is 13.5 Å². The van der Waals surface area contributed by atoms with Gasteiger partial charge < -0.3 is 15.1 Å². The Balaban J connectivity index is 3.09. The van der Waals surface area contributed by atoms with E-state index >= 15 is 0 Å². The summed E-state index contributed by atoms with van der Waals surface area (Å²) in [5.74, 6) is -3.92. The molecule has 1 amide bonds. The molecule has 104 valence electrons. The first kappa shape index (κ1) is 15.2. The first-order chi connectivity index (χ1) is 9.36. The Morgan fingerprint density at radius 2 is 1.90 bits per heavy atom. The van der Waals surface area contributed by atoms with Crippen LogP contribution in [0.15, 0.2) is 24.3 Å². The first-order valence-electron chi connectivity index (χ1n) is 5.58. The number of aliphatic carboxylic acids is 2. The van der Waals surface area contributed by atoms with Crippen LogP contribution in [0.1, 0.15) is 18.1 Å². The van der Waals surface area contributed by atoms with E-state index in [1.54, 1.807) is 18.2 Å². The van der Waals surface area contributed by atoms with Crippen LogP contribution in [0.3, 0.4) is 0 Å². The molecule has 0 aliphatic rings. The Labute approximate surface area is 114 Å². The number of carbonyl (C=O) groups is 3.